The average Bonchev–Trinajstić information content (AvgIpc) is 2.20. The minimum absolute atomic E-state index is 0.0390. The van der Waals surface area contributed by atoms with Gasteiger partial charge in [0.05, 0.1) is 6.42 Å². The third-order valence-corrected chi connectivity index (χ3v) is 2.48. The predicted octanol–water partition coefficient (Wildman–Crippen LogP) is 2.89. The molecular weight excluding hydrogens is 211 g/mol. The molecule has 0 spiro atoms. The smallest absolute Gasteiger partial charge is 0.303 e. The van der Waals surface area contributed by atoms with Gasteiger partial charge in [0.15, 0.2) is 0 Å². The van der Waals surface area contributed by atoms with Crippen LogP contribution in [0.2, 0.25) is 0 Å². The van der Waals surface area contributed by atoms with Gasteiger partial charge < -0.3 is 10.2 Å². The zero-order valence-corrected chi connectivity index (χ0v) is 9.11. The Morgan fingerprint density at radius 3 is 2.75 bits per heavy atom. The van der Waals surface area contributed by atoms with Crippen LogP contribution in [0.3, 0.4) is 0 Å². The largest absolute Gasteiger partial charge is 0.508 e. The van der Waals surface area contributed by atoms with Crippen molar-refractivity contribution >= 4 is 5.97 Å². The van der Waals surface area contributed by atoms with Gasteiger partial charge in [0.25, 0.3) is 0 Å². The monoisotopic (exact) mass is 226 g/mol. The van der Waals surface area contributed by atoms with Gasteiger partial charge in [-0.25, -0.2) is 4.39 Å². The van der Waals surface area contributed by atoms with Crippen LogP contribution < -0.4 is 0 Å². The number of hydrogen-bond donors (Lipinski definition) is 2. The second-order valence-corrected chi connectivity index (χ2v) is 3.79. The van der Waals surface area contributed by atoms with Gasteiger partial charge in [-0.15, -0.1) is 0 Å². The van der Waals surface area contributed by atoms with E-state index in [1.807, 2.05) is 6.92 Å². The lowest BCUT2D eigenvalue weighted by molar-refractivity contribution is -0.137. The second-order valence-electron chi connectivity index (χ2n) is 3.79. The van der Waals surface area contributed by atoms with E-state index < -0.39 is 11.8 Å². The van der Waals surface area contributed by atoms with E-state index in [1.165, 1.54) is 12.1 Å². The molecule has 16 heavy (non-hydrogen) atoms. The zero-order valence-electron chi connectivity index (χ0n) is 9.11. The highest BCUT2D eigenvalue weighted by atomic mass is 19.1. The third kappa shape index (κ3) is 3.22. The molecule has 0 saturated heterocycles. The molecule has 0 aliphatic carbocycles. The van der Waals surface area contributed by atoms with Gasteiger partial charge in [0, 0.05) is 0 Å². The third-order valence-electron chi connectivity index (χ3n) is 2.48. The Morgan fingerprint density at radius 2 is 2.19 bits per heavy atom. The molecule has 1 atom stereocenters. The van der Waals surface area contributed by atoms with Crippen molar-refractivity contribution in [1.29, 1.82) is 0 Å². The average molecular weight is 226 g/mol. The van der Waals surface area contributed by atoms with E-state index in [4.69, 9.17) is 5.11 Å². The SMILES string of the molecule is CCC[C@H](CC(=O)O)c1cc(O)ccc1F. The molecule has 0 amide bonds. The number of aromatic hydroxyl groups is 1. The molecule has 1 aromatic rings. The molecule has 88 valence electrons. The summed E-state index contributed by atoms with van der Waals surface area (Å²) in [5, 5.41) is 18.0. The summed E-state index contributed by atoms with van der Waals surface area (Å²) in [6.45, 7) is 1.91. The highest BCUT2D eigenvalue weighted by molar-refractivity contribution is 5.68. The molecule has 3 nitrogen and oxygen atoms in total. The van der Waals surface area contributed by atoms with Crippen molar-refractivity contribution < 1.29 is 19.4 Å². The maximum atomic E-state index is 13.5. The first-order valence-corrected chi connectivity index (χ1v) is 5.24. The predicted molar refractivity (Wildman–Crippen MR) is 58.0 cm³/mol. The Kier molecular flexibility index (Phi) is 4.28. The van der Waals surface area contributed by atoms with Gasteiger partial charge in [-0.1, -0.05) is 13.3 Å². The number of carbonyl (C=O) groups is 1. The highest BCUT2D eigenvalue weighted by Gasteiger charge is 2.18. The van der Waals surface area contributed by atoms with Crippen molar-refractivity contribution in [3.8, 4) is 5.75 Å². The van der Waals surface area contributed by atoms with E-state index in [2.05, 4.69) is 0 Å². The topological polar surface area (TPSA) is 57.5 Å². The number of phenols is 1. The van der Waals surface area contributed by atoms with Gasteiger partial charge >= 0.3 is 5.97 Å². The van der Waals surface area contributed by atoms with Crippen LogP contribution in [-0.2, 0) is 4.79 Å². The van der Waals surface area contributed by atoms with Gasteiger partial charge in [-0.05, 0) is 36.1 Å². The quantitative estimate of drug-likeness (QED) is 0.811. The number of halogens is 1. The first kappa shape index (κ1) is 12.5. The van der Waals surface area contributed by atoms with Gasteiger partial charge in [0.1, 0.15) is 11.6 Å². The molecule has 0 aromatic heterocycles. The lowest BCUT2D eigenvalue weighted by atomic mass is 9.91. The lowest BCUT2D eigenvalue weighted by Gasteiger charge is -2.15. The molecule has 4 heteroatoms. The molecule has 0 fully saturated rings. The Morgan fingerprint density at radius 1 is 1.50 bits per heavy atom. The minimum Gasteiger partial charge on any atom is -0.508 e. The van der Waals surface area contributed by atoms with Crippen LogP contribution in [0.1, 0.15) is 37.7 Å². The van der Waals surface area contributed by atoms with Crippen LogP contribution in [0.4, 0.5) is 4.39 Å². The molecule has 2 N–H and O–H groups in total. The fraction of sp³-hybridized carbons (Fsp3) is 0.417. The molecule has 1 aromatic carbocycles. The van der Waals surface area contributed by atoms with Crippen molar-refractivity contribution in [2.75, 3.05) is 0 Å². The zero-order chi connectivity index (χ0) is 12.1. The number of carboxylic acids is 1. The van der Waals surface area contributed by atoms with E-state index in [0.29, 0.717) is 6.42 Å². The molecule has 0 radical (unpaired) electrons. The summed E-state index contributed by atoms with van der Waals surface area (Å²) in [6.07, 6.45) is 1.24. The molecule has 0 aliphatic heterocycles. The van der Waals surface area contributed by atoms with Crippen LogP contribution >= 0.6 is 0 Å². The Bertz CT molecular complexity index is 377. The summed E-state index contributed by atoms with van der Waals surface area (Å²) in [5.74, 6) is -1.84. The molecular formula is C12H15FO3. The number of aliphatic carboxylic acids is 1. The van der Waals surface area contributed by atoms with Crippen molar-refractivity contribution in [2.45, 2.75) is 32.1 Å². The molecule has 0 bridgehead atoms. The molecule has 1 rings (SSSR count). The van der Waals surface area contributed by atoms with E-state index in [1.54, 1.807) is 0 Å². The van der Waals surface area contributed by atoms with Gasteiger partial charge in [0.2, 0.25) is 0 Å². The van der Waals surface area contributed by atoms with Gasteiger partial charge in [-0.3, -0.25) is 4.79 Å². The highest BCUT2D eigenvalue weighted by Crippen LogP contribution is 2.29. The summed E-state index contributed by atoms with van der Waals surface area (Å²) in [4.78, 5) is 10.7. The maximum Gasteiger partial charge on any atom is 0.303 e. The molecule has 0 heterocycles. The Balaban J connectivity index is 2.99. The van der Waals surface area contributed by atoms with E-state index in [9.17, 15) is 14.3 Å². The number of benzene rings is 1. The molecule has 0 saturated carbocycles. The first-order valence-electron chi connectivity index (χ1n) is 5.24. The Hall–Kier alpha value is -1.58. The van der Waals surface area contributed by atoms with Gasteiger partial charge in [-0.2, -0.15) is 0 Å². The van der Waals surface area contributed by atoms with Crippen molar-refractivity contribution in [3.05, 3.63) is 29.6 Å². The van der Waals surface area contributed by atoms with E-state index in [-0.39, 0.29) is 23.7 Å². The lowest BCUT2D eigenvalue weighted by Crippen LogP contribution is -2.08. The van der Waals surface area contributed by atoms with Crippen molar-refractivity contribution in [2.24, 2.45) is 0 Å². The fourth-order valence-corrected chi connectivity index (χ4v) is 1.77. The van der Waals surface area contributed by atoms with Crippen LogP contribution in [0.25, 0.3) is 0 Å². The first-order chi connectivity index (χ1) is 7.54. The minimum atomic E-state index is -0.957. The van der Waals surface area contributed by atoms with Crippen LogP contribution in [0, 0.1) is 5.82 Å². The normalized spacial score (nSPS) is 12.4. The van der Waals surface area contributed by atoms with Crippen LogP contribution in [0.15, 0.2) is 18.2 Å². The second kappa shape index (κ2) is 5.49. The molecule has 0 aliphatic rings. The summed E-state index contributed by atoms with van der Waals surface area (Å²) in [5.41, 5.74) is 0.282. The fourth-order valence-electron chi connectivity index (χ4n) is 1.77. The Labute approximate surface area is 93.5 Å². The van der Waals surface area contributed by atoms with E-state index in [0.717, 1.165) is 12.5 Å². The van der Waals surface area contributed by atoms with E-state index >= 15 is 0 Å². The standard InChI is InChI=1S/C12H15FO3/c1-2-3-8(6-12(15)16)10-7-9(14)4-5-11(10)13/h4-5,7-8,14H,2-3,6H2,1H3,(H,15,16)/t8-/m1/s1. The maximum absolute atomic E-state index is 13.5. The number of hydrogen-bond acceptors (Lipinski definition) is 2. The van der Waals surface area contributed by atoms with Crippen LogP contribution in [0.5, 0.6) is 5.75 Å². The number of rotatable bonds is 5. The number of carboxylic acid groups (broad SMARTS) is 1. The summed E-state index contributed by atoms with van der Waals surface area (Å²) >= 11 is 0. The summed E-state index contributed by atoms with van der Waals surface area (Å²) in [7, 11) is 0. The van der Waals surface area contributed by atoms with Crippen molar-refractivity contribution in [1.82, 2.24) is 0 Å². The summed E-state index contributed by atoms with van der Waals surface area (Å²) in [6, 6.07) is 3.72. The number of phenolic OH excluding ortho intramolecular Hbond substituents is 1. The van der Waals surface area contributed by atoms with Crippen molar-refractivity contribution in [3.63, 3.8) is 0 Å². The van der Waals surface area contributed by atoms with Crippen LogP contribution in [-0.4, -0.2) is 16.2 Å². The molecule has 0 unspecified atom stereocenters. The summed E-state index contributed by atoms with van der Waals surface area (Å²) < 4.78 is 13.5.